The molecule has 2 unspecified atom stereocenters. The number of rotatable bonds is 1. The van der Waals surface area contributed by atoms with Crippen molar-refractivity contribution in [1.82, 2.24) is 15.1 Å². The Hall–Kier alpha value is -1.39. The second-order valence-electron chi connectivity index (χ2n) is 6.16. The van der Waals surface area contributed by atoms with Gasteiger partial charge in [0.15, 0.2) is 0 Å². The van der Waals surface area contributed by atoms with Gasteiger partial charge in [0.05, 0.1) is 0 Å². The monoisotopic (exact) mass is 273 g/mol. The average Bonchev–Trinajstić information content (AvgIpc) is 2.90. The fourth-order valence-electron chi connectivity index (χ4n) is 3.18. The van der Waals surface area contributed by atoms with Crippen LogP contribution in [0, 0.1) is 0 Å². The van der Waals surface area contributed by atoms with Crippen LogP contribution in [0.4, 0.5) is 0 Å². The van der Waals surface area contributed by atoms with Gasteiger partial charge in [-0.1, -0.05) is 6.07 Å². The SMILES string of the molecule is CC1CN(C(=O)c2ccc3c(c2)CNC3)CC(C)N1C. The molecule has 2 atom stereocenters. The molecular weight excluding hydrogens is 250 g/mol. The minimum absolute atomic E-state index is 0.173. The van der Waals surface area contributed by atoms with Gasteiger partial charge in [-0.05, 0) is 44.2 Å². The number of carbonyl (C=O) groups is 1. The Bertz CT molecular complexity index is 516. The van der Waals surface area contributed by atoms with Gasteiger partial charge in [-0.3, -0.25) is 9.69 Å². The lowest BCUT2D eigenvalue weighted by atomic mass is 10.0. The van der Waals surface area contributed by atoms with E-state index in [9.17, 15) is 4.79 Å². The largest absolute Gasteiger partial charge is 0.336 e. The van der Waals surface area contributed by atoms with Gasteiger partial charge in [0.1, 0.15) is 0 Å². The molecule has 0 bridgehead atoms. The second-order valence-corrected chi connectivity index (χ2v) is 6.16. The Morgan fingerprint density at radius 2 is 1.80 bits per heavy atom. The summed E-state index contributed by atoms with van der Waals surface area (Å²) in [6.07, 6.45) is 0. The van der Waals surface area contributed by atoms with Gasteiger partial charge in [0, 0.05) is 43.8 Å². The van der Waals surface area contributed by atoms with E-state index in [1.807, 2.05) is 11.0 Å². The van der Waals surface area contributed by atoms with E-state index < -0.39 is 0 Å². The highest BCUT2D eigenvalue weighted by molar-refractivity contribution is 5.94. The fourth-order valence-corrected chi connectivity index (χ4v) is 3.18. The standard InChI is InChI=1S/C16H23N3O/c1-11-9-19(10-12(2)18(11)3)16(20)13-4-5-14-7-17-8-15(14)6-13/h4-6,11-12,17H,7-10H2,1-3H3. The molecule has 2 heterocycles. The van der Waals surface area contributed by atoms with Crippen molar-refractivity contribution in [2.75, 3.05) is 20.1 Å². The Morgan fingerprint density at radius 1 is 1.15 bits per heavy atom. The Kier molecular flexibility index (Phi) is 3.52. The number of likely N-dealkylation sites (N-methyl/N-ethyl adjacent to an activating group) is 1. The van der Waals surface area contributed by atoms with Gasteiger partial charge in [-0.15, -0.1) is 0 Å². The molecule has 108 valence electrons. The molecule has 1 saturated heterocycles. The van der Waals surface area contributed by atoms with Gasteiger partial charge < -0.3 is 10.2 Å². The molecule has 2 aliphatic rings. The fraction of sp³-hybridized carbons (Fsp3) is 0.562. The first-order valence-corrected chi connectivity index (χ1v) is 7.40. The number of nitrogens with one attached hydrogen (secondary N) is 1. The molecule has 0 aliphatic carbocycles. The van der Waals surface area contributed by atoms with Crippen molar-refractivity contribution in [3.05, 3.63) is 34.9 Å². The molecule has 1 amide bonds. The first kappa shape index (κ1) is 13.6. The van der Waals surface area contributed by atoms with Gasteiger partial charge in [-0.2, -0.15) is 0 Å². The summed E-state index contributed by atoms with van der Waals surface area (Å²) in [6, 6.07) is 6.95. The van der Waals surface area contributed by atoms with E-state index in [4.69, 9.17) is 0 Å². The third-order valence-corrected chi connectivity index (χ3v) is 4.73. The van der Waals surface area contributed by atoms with Crippen LogP contribution in [0.1, 0.15) is 35.3 Å². The highest BCUT2D eigenvalue weighted by Gasteiger charge is 2.30. The van der Waals surface area contributed by atoms with Crippen molar-refractivity contribution in [1.29, 1.82) is 0 Å². The average molecular weight is 273 g/mol. The number of hydrogen-bond acceptors (Lipinski definition) is 3. The first-order valence-electron chi connectivity index (χ1n) is 7.40. The van der Waals surface area contributed by atoms with Gasteiger partial charge in [-0.25, -0.2) is 0 Å². The van der Waals surface area contributed by atoms with E-state index in [0.717, 1.165) is 31.7 Å². The number of amides is 1. The van der Waals surface area contributed by atoms with Crippen molar-refractivity contribution in [3.8, 4) is 0 Å². The molecule has 20 heavy (non-hydrogen) atoms. The van der Waals surface area contributed by atoms with Gasteiger partial charge in [0.25, 0.3) is 5.91 Å². The highest BCUT2D eigenvalue weighted by atomic mass is 16.2. The second kappa shape index (κ2) is 5.19. The summed E-state index contributed by atoms with van der Waals surface area (Å²) in [5.74, 6) is 0.173. The summed E-state index contributed by atoms with van der Waals surface area (Å²) in [4.78, 5) is 17.0. The predicted octanol–water partition coefficient (Wildman–Crippen LogP) is 1.45. The smallest absolute Gasteiger partial charge is 0.253 e. The lowest BCUT2D eigenvalue weighted by molar-refractivity contribution is 0.0414. The summed E-state index contributed by atoms with van der Waals surface area (Å²) >= 11 is 0. The molecule has 0 aromatic heterocycles. The molecule has 3 rings (SSSR count). The maximum atomic E-state index is 12.7. The van der Waals surface area contributed by atoms with E-state index in [0.29, 0.717) is 12.1 Å². The summed E-state index contributed by atoms with van der Waals surface area (Å²) in [7, 11) is 2.14. The van der Waals surface area contributed by atoms with Crippen LogP contribution in [0.2, 0.25) is 0 Å². The van der Waals surface area contributed by atoms with E-state index in [1.54, 1.807) is 0 Å². The molecule has 1 fully saturated rings. The number of fused-ring (bicyclic) bond motifs is 1. The number of nitrogens with zero attached hydrogens (tertiary/aromatic N) is 2. The molecule has 0 radical (unpaired) electrons. The maximum Gasteiger partial charge on any atom is 0.253 e. The quantitative estimate of drug-likeness (QED) is 0.841. The van der Waals surface area contributed by atoms with Crippen molar-refractivity contribution >= 4 is 5.91 Å². The predicted molar refractivity (Wildman–Crippen MR) is 79.6 cm³/mol. The zero-order valence-corrected chi connectivity index (χ0v) is 12.5. The lowest BCUT2D eigenvalue weighted by Gasteiger charge is -2.42. The number of piperazine rings is 1. The number of carbonyl (C=O) groups excluding carboxylic acids is 1. The Balaban J connectivity index is 1.79. The molecule has 1 aromatic carbocycles. The molecule has 0 saturated carbocycles. The summed E-state index contributed by atoms with van der Waals surface area (Å²) in [6.45, 7) is 7.80. The van der Waals surface area contributed by atoms with E-state index in [-0.39, 0.29) is 5.91 Å². The van der Waals surface area contributed by atoms with Crippen molar-refractivity contribution in [2.45, 2.75) is 39.0 Å². The van der Waals surface area contributed by atoms with Crippen LogP contribution < -0.4 is 5.32 Å². The maximum absolute atomic E-state index is 12.7. The van der Waals surface area contributed by atoms with E-state index in [2.05, 4.69) is 43.2 Å². The van der Waals surface area contributed by atoms with Crippen molar-refractivity contribution in [2.24, 2.45) is 0 Å². The van der Waals surface area contributed by atoms with Crippen LogP contribution in [0.25, 0.3) is 0 Å². The van der Waals surface area contributed by atoms with Crippen molar-refractivity contribution in [3.63, 3.8) is 0 Å². The van der Waals surface area contributed by atoms with Crippen LogP contribution in [-0.2, 0) is 13.1 Å². The molecule has 1 aromatic rings. The minimum atomic E-state index is 0.173. The Labute approximate surface area is 120 Å². The first-order chi connectivity index (χ1) is 9.56. The van der Waals surface area contributed by atoms with Crippen LogP contribution >= 0.6 is 0 Å². The topological polar surface area (TPSA) is 35.6 Å². The molecular formula is C16H23N3O. The molecule has 4 nitrogen and oxygen atoms in total. The summed E-state index contributed by atoms with van der Waals surface area (Å²) in [5, 5.41) is 3.32. The van der Waals surface area contributed by atoms with Crippen LogP contribution in [0.15, 0.2) is 18.2 Å². The zero-order valence-electron chi connectivity index (χ0n) is 12.5. The Morgan fingerprint density at radius 3 is 2.50 bits per heavy atom. The molecule has 2 aliphatic heterocycles. The van der Waals surface area contributed by atoms with Crippen LogP contribution in [0.5, 0.6) is 0 Å². The van der Waals surface area contributed by atoms with Crippen LogP contribution in [0.3, 0.4) is 0 Å². The third-order valence-electron chi connectivity index (χ3n) is 4.73. The number of hydrogen-bond donors (Lipinski definition) is 1. The van der Waals surface area contributed by atoms with Crippen molar-refractivity contribution < 1.29 is 4.79 Å². The van der Waals surface area contributed by atoms with Crippen LogP contribution in [-0.4, -0.2) is 47.9 Å². The van der Waals surface area contributed by atoms with E-state index in [1.165, 1.54) is 11.1 Å². The van der Waals surface area contributed by atoms with Gasteiger partial charge >= 0.3 is 0 Å². The molecule has 4 heteroatoms. The highest BCUT2D eigenvalue weighted by Crippen LogP contribution is 2.20. The third kappa shape index (κ3) is 2.34. The minimum Gasteiger partial charge on any atom is -0.336 e. The molecule has 0 spiro atoms. The summed E-state index contributed by atoms with van der Waals surface area (Å²) < 4.78 is 0. The number of benzene rings is 1. The van der Waals surface area contributed by atoms with Gasteiger partial charge in [0.2, 0.25) is 0 Å². The summed E-state index contributed by atoms with van der Waals surface area (Å²) in [5.41, 5.74) is 3.42. The lowest BCUT2D eigenvalue weighted by Crippen LogP contribution is -2.56. The van der Waals surface area contributed by atoms with E-state index >= 15 is 0 Å². The molecule has 1 N–H and O–H groups in total. The normalized spacial score (nSPS) is 26.6. The zero-order chi connectivity index (χ0) is 14.3.